The van der Waals surface area contributed by atoms with Crippen molar-refractivity contribution in [1.29, 1.82) is 0 Å². The van der Waals surface area contributed by atoms with Gasteiger partial charge in [0.15, 0.2) is 0 Å². The average Bonchev–Trinajstić information content (AvgIpc) is 3.30. The van der Waals surface area contributed by atoms with Crippen LogP contribution in [-0.2, 0) is 6.42 Å². The molecule has 0 saturated carbocycles. The maximum Gasteiger partial charge on any atom is 0.258 e. The van der Waals surface area contributed by atoms with Crippen LogP contribution >= 0.6 is 0 Å². The van der Waals surface area contributed by atoms with Crippen LogP contribution in [0.25, 0.3) is 11.1 Å². The number of carbonyl (C=O) groups is 1. The van der Waals surface area contributed by atoms with E-state index in [1.807, 2.05) is 53.4 Å². The Hall–Kier alpha value is -3.11. The van der Waals surface area contributed by atoms with Gasteiger partial charge in [-0.15, -0.1) is 0 Å². The van der Waals surface area contributed by atoms with Crippen LogP contribution < -0.4 is 9.64 Å². The van der Waals surface area contributed by atoms with Gasteiger partial charge in [-0.2, -0.15) is 0 Å². The zero-order valence-corrected chi connectivity index (χ0v) is 18.5. The number of hydrogen-bond donors (Lipinski definition) is 0. The van der Waals surface area contributed by atoms with Gasteiger partial charge in [0.2, 0.25) is 0 Å². The second kappa shape index (κ2) is 9.58. The van der Waals surface area contributed by atoms with E-state index >= 15 is 0 Å². The average molecular weight is 427 g/mol. The van der Waals surface area contributed by atoms with Crippen LogP contribution in [0.2, 0.25) is 0 Å². The Bertz CT molecular complexity index is 1060. The Morgan fingerprint density at radius 3 is 2.34 bits per heavy atom. The van der Waals surface area contributed by atoms with Crippen molar-refractivity contribution in [3.8, 4) is 16.9 Å². The van der Waals surface area contributed by atoms with Crippen molar-refractivity contribution in [2.24, 2.45) is 0 Å². The summed E-state index contributed by atoms with van der Waals surface area (Å²) < 4.78 is 5.93. The van der Waals surface area contributed by atoms with E-state index in [4.69, 9.17) is 4.74 Å². The number of anilines is 1. The number of nitrogens with zero attached hydrogens (tertiary/aromatic N) is 2. The highest BCUT2D eigenvalue weighted by atomic mass is 16.5. The van der Waals surface area contributed by atoms with Crippen LogP contribution in [0.4, 0.5) is 5.69 Å². The number of amides is 1. The lowest BCUT2D eigenvalue weighted by atomic mass is 9.97. The molecule has 1 saturated heterocycles. The maximum atomic E-state index is 13.4. The molecule has 4 nitrogen and oxygen atoms in total. The Balaban J connectivity index is 1.28. The minimum atomic E-state index is 0.0832. The van der Waals surface area contributed by atoms with Crippen LogP contribution in [0.1, 0.15) is 35.2 Å². The summed E-state index contributed by atoms with van der Waals surface area (Å²) in [6.07, 6.45) is 4.46. The van der Waals surface area contributed by atoms with Crippen LogP contribution in [-0.4, -0.2) is 43.6 Å². The summed E-state index contributed by atoms with van der Waals surface area (Å²) >= 11 is 0. The predicted molar refractivity (Wildman–Crippen MR) is 129 cm³/mol. The molecule has 164 valence electrons. The lowest BCUT2D eigenvalue weighted by Gasteiger charge is -2.22. The van der Waals surface area contributed by atoms with Gasteiger partial charge in [0.25, 0.3) is 5.91 Å². The molecule has 3 aromatic carbocycles. The van der Waals surface area contributed by atoms with Crippen molar-refractivity contribution < 1.29 is 9.53 Å². The van der Waals surface area contributed by atoms with E-state index in [1.165, 1.54) is 37.1 Å². The normalized spacial score (nSPS) is 16.6. The van der Waals surface area contributed by atoms with E-state index < -0.39 is 0 Å². The van der Waals surface area contributed by atoms with Crippen LogP contribution in [0, 0.1) is 0 Å². The van der Waals surface area contributed by atoms with Gasteiger partial charge in [0, 0.05) is 24.3 Å². The van der Waals surface area contributed by atoms with Crippen LogP contribution in [0.5, 0.6) is 5.75 Å². The maximum absolute atomic E-state index is 13.4. The molecule has 32 heavy (non-hydrogen) atoms. The van der Waals surface area contributed by atoms with Gasteiger partial charge in [-0.05, 0) is 85.8 Å². The molecular formula is C28H30N2O2. The molecule has 0 unspecified atom stereocenters. The van der Waals surface area contributed by atoms with Gasteiger partial charge < -0.3 is 9.64 Å². The van der Waals surface area contributed by atoms with Crippen molar-refractivity contribution in [3.05, 3.63) is 83.9 Å². The second-order valence-electron chi connectivity index (χ2n) is 8.69. The molecule has 0 aliphatic carbocycles. The van der Waals surface area contributed by atoms with E-state index in [1.54, 1.807) is 0 Å². The molecule has 0 atom stereocenters. The van der Waals surface area contributed by atoms with E-state index in [9.17, 15) is 4.79 Å². The van der Waals surface area contributed by atoms with Gasteiger partial charge in [-0.3, -0.25) is 9.69 Å². The molecule has 0 radical (unpaired) electrons. The minimum absolute atomic E-state index is 0.0832. The molecule has 0 spiro atoms. The number of fused-ring (bicyclic) bond motifs is 1. The number of likely N-dealkylation sites (tertiary alicyclic amines) is 1. The van der Waals surface area contributed by atoms with Gasteiger partial charge in [-0.1, -0.05) is 42.5 Å². The van der Waals surface area contributed by atoms with Crippen LogP contribution in [0.3, 0.4) is 0 Å². The van der Waals surface area contributed by atoms with Gasteiger partial charge in [0.1, 0.15) is 12.4 Å². The first-order chi connectivity index (χ1) is 15.8. The third kappa shape index (κ3) is 4.56. The third-order valence-corrected chi connectivity index (χ3v) is 6.54. The molecule has 2 aliphatic rings. The molecule has 0 aromatic heterocycles. The SMILES string of the molecule is O=C1c2ccc(-c3ccccc3)cc2CCCN1c1ccc(OCCN2CCCC2)cc1. The lowest BCUT2D eigenvalue weighted by Crippen LogP contribution is -2.30. The van der Waals surface area contributed by atoms with E-state index in [0.717, 1.165) is 48.5 Å². The second-order valence-corrected chi connectivity index (χ2v) is 8.69. The molecule has 3 aromatic rings. The van der Waals surface area contributed by atoms with Gasteiger partial charge >= 0.3 is 0 Å². The van der Waals surface area contributed by atoms with Crippen molar-refractivity contribution in [1.82, 2.24) is 4.90 Å². The van der Waals surface area contributed by atoms with Crippen molar-refractivity contribution in [3.63, 3.8) is 0 Å². The Morgan fingerprint density at radius 1 is 0.781 bits per heavy atom. The zero-order valence-electron chi connectivity index (χ0n) is 18.5. The Labute approximate surface area is 190 Å². The van der Waals surface area contributed by atoms with Crippen molar-refractivity contribution >= 4 is 11.6 Å². The summed E-state index contributed by atoms with van der Waals surface area (Å²) in [6, 6.07) is 24.6. The fraction of sp³-hybridized carbons (Fsp3) is 0.321. The van der Waals surface area contributed by atoms with Crippen molar-refractivity contribution in [2.45, 2.75) is 25.7 Å². The fourth-order valence-electron chi connectivity index (χ4n) is 4.76. The van der Waals surface area contributed by atoms with E-state index in [2.05, 4.69) is 29.2 Å². The lowest BCUT2D eigenvalue weighted by molar-refractivity contribution is 0.0988. The van der Waals surface area contributed by atoms with E-state index in [0.29, 0.717) is 6.61 Å². The third-order valence-electron chi connectivity index (χ3n) is 6.54. The molecule has 5 rings (SSSR count). The molecular weight excluding hydrogens is 396 g/mol. The predicted octanol–water partition coefficient (Wildman–Crippen LogP) is 5.42. The molecule has 0 N–H and O–H groups in total. The zero-order chi connectivity index (χ0) is 21.8. The number of rotatable bonds is 6. The summed E-state index contributed by atoms with van der Waals surface area (Å²) in [5.74, 6) is 0.947. The summed E-state index contributed by atoms with van der Waals surface area (Å²) in [5.41, 5.74) is 5.24. The molecule has 1 amide bonds. The van der Waals surface area contributed by atoms with E-state index in [-0.39, 0.29) is 5.91 Å². The standard InChI is InChI=1S/C28H30N2O2/c31-28-27-15-10-23(22-7-2-1-3-8-22)21-24(27)9-6-18-30(28)25-11-13-26(14-12-25)32-20-19-29-16-4-5-17-29/h1-3,7-8,10-15,21H,4-6,9,16-20H2. The highest BCUT2D eigenvalue weighted by Crippen LogP contribution is 2.29. The topological polar surface area (TPSA) is 32.8 Å². The fourth-order valence-corrected chi connectivity index (χ4v) is 4.76. The summed E-state index contributed by atoms with van der Waals surface area (Å²) in [4.78, 5) is 17.7. The highest BCUT2D eigenvalue weighted by Gasteiger charge is 2.24. The molecule has 0 bridgehead atoms. The molecule has 1 fully saturated rings. The highest BCUT2D eigenvalue weighted by molar-refractivity contribution is 6.07. The summed E-state index contributed by atoms with van der Waals surface area (Å²) in [7, 11) is 0. The van der Waals surface area contributed by atoms with Gasteiger partial charge in [-0.25, -0.2) is 0 Å². The first-order valence-electron chi connectivity index (χ1n) is 11.7. The first kappa shape index (κ1) is 20.8. The monoisotopic (exact) mass is 426 g/mol. The summed E-state index contributed by atoms with van der Waals surface area (Å²) in [6.45, 7) is 4.79. The number of hydrogen-bond acceptors (Lipinski definition) is 3. The Kier molecular flexibility index (Phi) is 6.22. The minimum Gasteiger partial charge on any atom is -0.492 e. The number of ether oxygens (including phenoxy) is 1. The van der Waals surface area contributed by atoms with Gasteiger partial charge in [0.05, 0.1) is 0 Å². The largest absolute Gasteiger partial charge is 0.492 e. The Morgan fingerprint density at radius 2 is 1.56 bits per heavy atom. The molecule has 4 heteroatoms. The number of carbonyl (C=O) groups excluding carboxylic acids is 1. The summed E-state index contributed by atoms with van der Waals surface area (Å²) in [5, 5.41) is 0. The molecule has 2 aliphatic heterocycles. The quantitative estimate of drug-likeness (QED) is 0.528. The van der Waals surface area contributed by atoms with Crippen molar-refractivity contribution in [2.75, 3.05) is 37.7 Å². The number of benzene rings is 3. The smallest absolute Gasteiger partial charge is 0.258 e. The first-order valence-corrected chi connectivity index (χ1v) is 11.7. The van der Waals surface area contributed by atoms with Crippen LogP contribution in [0.15, 0.2) is 72.8 Å². The molecule has 2 heterocycles. The number of aryl methyl sites for hydroxylation is 1.